The van der Waals surface area contributed by atoms with Gasteiger partial charge < -0.3 is 20.3 Å². The lowest BCUT2D eigenvalue weighted by Crippen LogP contribution is -2.34. The van der Waals surface area contributed by atoms with Crippen molar-refractivity contribution in [2.24, 2.45) is 0 Å². The Balaban J connectivity index is 2.20. The van der Waals surface area contributed by atoms with Gasteiger partial charge in [-0.25, -0.2) is 13.1 Å². The number of hydrogen-bond acceptors (Lipinski definition) is 6. The molecule has 0 aromatic heterocycles. The molecule has 1 heterocycles. The number of fused-ring (bicyclic) bond motifs is 1. The maximum atomic E-state index is 12.0. The van der Waals surface area contributed by atoms with E-state index in [9.17, 15) is 13.2 Å². The minimum absolute atomic E-state index is 0.0767. The normalized spacial score (nSPS) is 16.0. The molecule has 1 unspecified atom stereocenters. The highest BCUT2D eigenvalue weighted by atomic mass is 32.2. The van der Waals surface area contributed by atoms with Crippen molar-refractivity contribution >= 4 is 21.6 Å². The average molecular weight is 302 g/mol. The van der Waals surface area contributed by atoms with Crippen molar-refractivity contribution < 1.29 is 28.2 Å². The van der Waals surface area contributed by atoms with E-state index in [1.165, 1.54) is 18.2 Å². The van der Waals surface area contributed by atoms with Crippen LogP contribution < -0.4 is 14.8 Å². The lowest BCUT2D eigenvalue weighted by atomic mass is 10.2. The van der Waals surface area contributed by atoms with Gasteiger partial charge in [-0.05, 0) is 18.2 Å². The number of ether oxygens (including phenoxy) is 1. The van der Waals surface area contributed by atoms with Crippen LogP contribution in [-0.2, 0) is 14.8 Å². The van der Waals surface area contributed by atoms with Gasteiger partial charge in [-0.15, -0.1) is 0 Å². The second-order valence-corrected chi connectivity index (χ2v) is 5.95. The molecule has 1 aromatic carbocycles. The maximum absolute atomic E-state index is 12.0. The Morgan fingerprint density at radius 1 is 1.45 bits per heavy atom. The summed E-state index contributed by atoms with van der Waals surface area (Å²) in [5.74, 6) is 0.0228. The van der Waals surface area contributed by atoms with Gasteiger partial charge in [-0.3, -0.25) is 4.79 Å². The summed E-state index contributed by atoms with van der Waals surface area (Å²) in [5, 5.41) is 20.3. The Morgan fingerprint density at radius 2 is 2.20 bits per heavy atom. The fraction of sp³-hybridized carbons (Fsp3) is 0.364. The first-order valence-electron chi connectivity index (χ1n) is 5.77. The van der Waals surface area contributed by atoms with Crippen LogP contribution in [0.4, 0.5) is 5.69 Å². The summed E-state index contributed by atoms with van der Waals surface area (Å²) in [4.78, 5) is 11.1. The molecule has 0 saturated heterocycles. The van der Waals surface area contributed by atoms with Gasteiger partial charge in [0.15, 0.2) is 6.61 Å². The van der Waals surface area contributed by atoms with E-state index in [2.05, 4.69) is 10.0 Å². The van der Waals surface area contributed by atoms with Gasteiger partial charge >= 0.3 is 0 Å². The van der Waals surface area contributed by atoms with Gasteiger partial charge in [0.1, 0.15) is 5.75 Å². The number of nitrogens with one attached hydrogen (secondary N) is 2. The van der Waals surface area contributed by atoms with Crippen LogP contribution in [0.1, 0.15) is 0 Å². The number of aliphatic hydroxyl groups excluding tert-OH is 2. The van der Waals surface area contributed by atoms with Gasteiger partial charge in [0.2, 0.25) is 10.0 Å². The number of carbonyl (C=O) groups is 1. The van der Waals surface area contributed by atoms with Crippen molar-refractivity contribution in [2.45, 2.75) is 11.0 Å². The minimum Gasteiger partial charge on any atom is -0.482 e. The lowest BCUT2D eigenvalue weighted by molar-refractivity contribution is -0.118. The summed E-state index contributed by atoms with van der Waals surface area (Å²) in [6.45, 7) is -0.963. The van der Waals surface area contributed by atoms with Gasteiger partial charge in [0.25, 0.3) is 5.91 Å². The molecule has 20 heavy (non-hydrogen) atoms. The Bertz CT molecular complexity index is 615. The van der Waals surface area contributed by atoms with E-state index in [4.69, 9.17) is 14.9 Å². The first-order valence-corrected chi connectivity index (χ1v) is 7.26. The fourth-order valence-electron chi connectivity index (χ4n) is 1.58. The Labute approximate surface area is 115 Å². The standard InChI is InChI=1S/C11H14N2O6S/c14-5-7(15)4-12-20(17,18)8-1-2-10-9(3-8)13-11(16)6-19-10/h1-3,7,12,14-15H,4-6H2,(H,13,16). The zero-order valence-electron chi connectivity index (χ0n) is 10.4. The van der Waals surface area contributed by atoms with Crippen LogP contribution >= 0.6 is 0 Å². The molecule has 2 rings (SSSR count). The van der Waals surface area contributed by atoms with Crippen LogP contribution in [0.2, 0.25) is 0 Å². The maximum Gasteiger partial charge on any atom is 0.262 e. The first-order chi connectivity index (χ1) is 9.42. The largest absolute Gasteiger partial charge is 0.482 e. The second-order valence-electron chi connectivity index (χ2n) is 4.18. The highest BCUT2D eigenvalue weighted by Crippen LogP contribution is 2.29. The predicted molar refractivity (Wildman–Crippen MR) is 68.8 cm³/mol. The summed E-state index contributed by atoms with van der Waals surface area (Å²) in [7, 11) is -3.84. The quantitative estimate of drug-likeness (QED) is 0.533. The number of carbonyl (C=O) groups excluding carboxylic acids is 1. The zero-order chi connectivity index (χ0) is 14.8. The van der Waals surface area contributed by atoms with Gasteiger partial charge in [-0.1, -0.05) is 0 Å². The van der Waals surface area contributed by atoms with Crippen molar-refractivity contribution in [3.63, 3.8) is 0 Å². The Morgan fingerprint density at radius 3 is 2.90 bits per heavy atom. The number of benzene rings is 1. The molecule has 0 radical (unpaired) electrons. The van der Waals surface area contributed by atoms with Crippen molar-refractivity contribution in [3.05, 3.63) is 18.2 Å². The van der Waals surface area contributed by atoms with Crippen molar-refractivity contribution in [1.82, 2.24) is 4.72 Å². The molecule has 0 fully saturated rings. The molecule has 1 aliphatic heterocycles. The number of amides is 1. The molecule has 4 N–H and O–H groups in total. The number of anilines is 1. The van der Waals surface area contributed by atoms with E-state index < -0.39 is 22.7 Å². The molecule has 1 amide bonds. The highest BCUT2D eigenvalue weighted by molar-refractivity contribution is 7.89. The number of aliphatic hydroxyl groups is 2. The molecule has 1 aliphatic rings. The molecular weight excluding hydrogens is 288 g/mol. The highest BCUT2D eigenvalue weighted by Gasteiger charge is 2.21. The fourth-order valence-corrected chi connectivity index (χ4v) is 2.68. The van der Waals surface area contributed by atoms with Gasteiger partial charge in [0, 0.05) is 6.54 Å². The summed E-state index contributed by atoms with van der Waals surface area (Å²) in [5.41, 5.74) is 0.270. The number of rotatable bonds is 5. The summed E-state index contributed by atoms with van der Waals surface area (Å²) >= 11 is 0. The van der Waals surface area contributed by atoms with E-state index in [1.807, 2.05) is 0 Å². The molecular formula is C11H14N2O6S. The monoisotopic (exact) mass is 302 g/mol. The topological polar surface area (TPSA) is 125 Å². The Hall–Kier alpha value is -1.68. The third-order valence-electron chi connectivity index (χ3n) is 2.61. The minimum atomic E-state index is -3.84. The molecule has 0 saturated carbocycles. The number of hydrogen-bond donors (Lipinski definition) is 4. The van der Waals surface area contributed by atoms with E-state index in [0.29, 0.717) is 5.75 Å². The van der Waals surface area contributed by atoms with Crippen LogP contribution in [0.25, 0.3) is 0 Å². The van der Waals surface area contributed by atoms with E-state index >= 15 is 0 Å². The lowest BCUT2D eigenvalue weighted by Gasteiger charge is -2.18. The second kappa shape index (κ2) is 5.75. The van der Waals surface area contributed by atoms with Crippen molar-refractivity contribution in [2.75, 3.05) is 25.1 Å². The van der Waals surface area contributed by atoms with Gasteiger partial charge in [-0.2, -0.15) is 0 Å². The molecule has 1 atom stereocenters. The Kier molecular flexibility index (Phi) is 4.23. The van der Waals surface area contributed by atoms with Crippen LogP contribution in [0.3, 0.4) is 0 Å². The molecule has 9 heteroatoms. The number of sulfonamides is 1. The van der Waals surface area contributed by atoms with E-state index in [-0.39, 0.29) is 29.6 Å². The molecule has 8 nitrogen and oxygen atoms in total. The molecule has 0 spiro atoms. The summed E-state index contributed by atoms with van der Waals surface area (Å²) in [6, 6.07) is 4.02. The van der Waals surface area contributed by atoms with Gasteiger partial charge in [0.05, 0.1) is 23.3 Å². The average Bonchev–Trinajstić information content (AvgIpc) is 2.44. The van der Waals surface area contributed by atoms with E-state index in [1.54, 1.807) is 0 Å². The van der Waals surface area contributed by atoms with E-state index in [0.717, 1.165) is 0 Å². The van der Waals surface area contributed by atoms with Crippen LogP contribution in [0.5, 0.6) is 5.75 Å². The third kappa shape index (κ3) is 3.25. The SMILES string of the molecule is O=C1COc2ccc(S(=O)(=O)NCC(O)CO)cc2N1. The summed E-state index contributed by atoms with van der Waals surface area (Å²) < 4.78 is 31.2. The molecule has 110 valence electrons. The van der Waals surface area contributed by atoms with Crippen LogP contribution in [-0.4, -0.2) is 50.4 Å². The first kappa shape index (κ1) is 14.7. The molecule has 0 bridgehead atoms. The summed E-state index contributed by atoms with van der Waals surface area (Å²) in [6.07, 6.45) is -1.18. The zero-order valence-corrected chi connectivity index (χ0v) is 11.2. The molecule has 1 aromatic rings. The third-order valence-corrected chi connectivity index (χ3v) is 4.04. The van der Waals surface area contributed by atoms with Crippen LogP contribution in [0, 0.1) is 0 Å². The van der Waals surface area contributed by atoms with Crippen molar-refractivity contribution in [1.29, 1.82) is 0 Å². The van der Waals surface area contributed by atoms with Crippen LogP contribution in [0.15, 0.2) is 23.1 Å². The smallest absolute Gasteiger partial charge is 0.262 e. The predicted octanol–water partition coefficient (Wildman–Crippen LogP) is -1.35. The molecule has 0 aliphatic carbocycles. The van der Waals surface area contributed by atoms with Crippen molar-refractivity contribution in [3.8, 4) is 5.75 Å².